The number of carbonyl (C=O) groups is 1. The number of hydrogen-bond donors (Lipinski definition) is 0. The van der Waals surface area contributed by atoms with Gasteiger partial charge in [0.15, 0.2) is 0 Å². The van der Waals surface area contributed by atoms with Crippen LogP contribution in [0.5, 0.6) is 11.5 Å². The molecule has 0 aromatic heterocycles. The molecular formula is C21H18O5S. The average Bonchev–Trinajstić information content (AvgIpc) is 2.70. The van der Waals surface area contributed by atoms with E-state index < -0.39 is 10.1 Å². The van der Waals surface area contributed by atoms with Crippen molar-refractivity contribution in [2.24, 2.45) is 0 Å². The van der Waals surface area contributed by atoms with Crippen molar-refractivity contribution in [2.75, 3.05) is 6.61 Å². The maximum Gasteiger partial charge on any atom is 0.339 e. The van der Waals surface area contributed by atoms with Gasteiger partial charge in [-0.3, -0.25) is 4.79 Å². The van der Waals surface area contributed by atoms with Crippen LogP contribution in [-0.2, 0) is 16.5 Å². The molecule has 3 rings (SSSR count). The predicted molar refractivity (Wildman–Crippen MR) is 102 cm³/mol. The van der Waals surface area contributed by atoms with Gasteiger partial charge in [-0.2, -0.15) is 8.42 Å². The maximum atomic E-state index is 12.2. The SMILES string of the molecule is O=Cc1ccc(OCCc2ccc(OS(=O)(=O)c3ccccc3)cc2)cc1. The van der Waals surface area contributed by atoms with Crippen LogP contribution >= 0.6 is 0 Å². The van der Waals surface area contributed by atoms with Gasteiger partial charge in [-0.15, -0.1) is 0 Å². The quantitative estimate of drug-likeness (QED) is 0.437. The third kappa shape index (κ3) is 5.18. The molecule has 0 saturated heterocycles. The molecule has 0 saturated carbocycles. The van der Waals surface area contributed by atoms with Crippen LogP contribution < -0.4 is 8.92 Å². The van der Waals surface area contributed by atoms with E-state index in [1.807, 2.05) is 0 Å². The average molecular weight is 382 g/mol. The van der Waals surface area contributed by atoms with Gasteiger partial charge in [0.25, 0.3) is 0 Å². The number of aldehydes is 1. The molecule has 0 amide bonds. The largest absolute Gasteiger partial charge is 0.493 e. The van der Waals surface area contributed by atoms with Crippen molar-refractivity contribution in [1.29, 1.82) is 0 Å². The Hall–Kier alpha value is -3.12. The van der Waals surface area contributed by atoms with E-state index in [2.05, 4.69) is 0 Å². The molecule has 0 aliphatic heterocycles. The molecule has 0 N–H and O–H groups in total. The Balaban J connectivity index is 1.54. The Bertz CT molecular complexity index is 979. The summed E-state index contributed by atoms with van der Waals surface area (Å²) in [5, 5.41) is 0. The molecule has 138 valence electrons. The van der Waals surface area contributed by atoms with Crippen LogP contribution in [0, 0.1) is 0 Å². The number of carbonyl (C=O) groups excluding carboxylic acids is 1. The lowest BCUT2D eigenvalue weighted by atomic mass is 10.1. The first-order chi connectivity index (χ1) is 13.1. The second-order valence-electron chi connectivity index (χ2n) is 5.78. The minimum Gasteiger partial charge on any atom is -0.493 e. The van der Waals surface area contributed by atoms with Gasteiger partial charge >= 0.3 is 10.1 Å². The van der Waals surface area contributed by atoms with Crippen LogP contribution in [0.2, 0.25) is 0 Å². The highest BCUT2D eigenvalue weighted by Gasteiger charge is 2.15. The molecule has 5 nitrogen and oxygen atoms in total. The van der Waals surface area contributed by atoms with Crippen molar-refractivity contribution in [3.8, 4) is 11.5 Å². The van der Waals surface area contributed by atoms with E-state index >= 15 is 0 Å². The van der Waals surface area contributed by atoms with E-state index in [9.17, 15) is 13.2 Å². The second-order valence-corrected chi connectivity index (χ2v) is 7.33. The molecule has 0 bridgehead atoms. The molecule has 27 heavy (non-hydrogen) atoms. The minimum atomic E-state index is -3.83. The Morgan fingerprint density at radius 3 is 2.04 bits per heavy atom. The number of hydrogen-bond acceptors (Lipinski definition) is 5. The van der Waals surface area contributed by atoms with E-state index in [0.29, 0.717) is 24.3 Å². The number of ether oxygens (including phenoxy) is 1. The topological polar surface area (TPSA) is 69.7 Å². The Kier molecular flexibility index (Phi) is 5.88. The summed E-state index contributed by atoms with van der Waals surface area (Å²) in [5.41, 5.74) is 1.59. The van der Waals surface area contributed by atoms with Crippen molar-refractivity contribution in [2.45, 2.75) is 11.3 Å². The second kappa shape index (κ2) is 8.51. The lowest BCUT2D eigenvalue weighted by molar-refractivity contribution is 0.112. The van der Waals surface area contributed by atoms with Crippen LogP contribution in [0.15, 0.2) is 83.8 Å². The number of benzene rings is 3. The molecular weight excluding hydrogens is 364 g/mol. The smallest absolute Gasteiger partial charge is 0.339 e. The zero-order chi connectivity index (χ0) is 19.1. The maximum absolute atomic E-state index is 12.2. The van der Waals surface area contributed by atoms with Crippen LogP contribution in [0.3, 0.4) is 0 Å². The van der Waals surface area contributed by atoms with E-state index in [1.54, 1.807) is 66.7 Å². The van der Waals surface area contributed by atoms with Crippen molar-refractivity contribution < 1.29 is 22.1 Å². The standard InChI is InChI=1S/C21H18O5S/c22-16-18-8-10-19(11-9-18)25-15-14-17-6-12-20(13-7-17)26-27(23,24)21-4-2-1-3-5-21/h1-13,16H,14-15H2. The fraction of sp³-hybridized carbons (Fsp3) is 0.0952. The lowest BCUT2D eigenvalue weighted by Crippen LogP contribution is -2.09. The van der Waals surface area contributed by atoms with Gasteiger partial charge in [0.05, 0.1) is 6.61 Å². The van der Waals surface area contributed by atoms with Crippen LogP contribution in [0.25, 0.3) is 0 Å². The summed E-state index contributed by atoms with van der Waals surface area (Å²) < 4.78 is 35.2. The zero-order valence-electron chi connectivity index (χ0n) is 14.4. The van der Waals surface area contributed by atoms with Crippen LogP contribution in [0.1, 0.15) is 15.9 Å². The molecule has 0 aliphatic rings. The minimum absolute atomic E-state index is 0.114. The molecule has 0 heterocycles. The third-order valence-electron chi connectivity index (χ3n) is 3.84. The summed E-state index contributed by atoms with van der Waals surface area (Å²) >= 11 is 0. The first kappa shape index (κ1) is 18.7. The molecule has 3 aromatic rings. The molecule has 0 aliphatic carbocycles. The van der Waals surface area contributed by atoms with Gasteiger partial charge in [-0.1, -0.05) is 30.3 Å². The first-order valence-electron chi connectivity index (χ1n) is 8.33. The third-order valence-corrected chi connectivity index (χ3v) is 5.10. The van der Waals surface area contributed by atoms with Crippen LogP contribution in [0.4, 0.5) is 0 Å². The summed E-state index contributed by atoms with van der Waals surface area (Å²) in [6.45, 7) is 0.461. The van der Waals surface area contributed by atoms with E-state index in [4.69, 9.17) is 8.92 Å². The summed E-state index contributed by atoms with van der Waals surface area (Å²) in [7, 11) is -3.83. The van der Waals surface area contributed by atoms with E-state index in [-0.39, 0.29) is 10.6 Å². The normalized spacial score (nSPS) is 11.0. The summed E-state index contributed by atoms with van der Waals surface area (Å²) in [4.78, 5) is 10.7. The highest BCUT2D eigenvalue weighted by atomic mass is 32.2. The number of rotatable bonds is 8. The van der Waals surface area contributed by atoms with Gasteiger partial charge in [-0.05, 0) is 54.1 Å². The van der Waals surface area contributed by atoms with Gasteiger partial charge in [0.2, 0.25) is 0 Å². The van der Waals surface area contributed by atoms with Gasteiger partial charge < -0.3 is 8.92 Å². The monoisotopic (exact) mass is 382 g/mol. The zero-order valence-corrected chi connectivity index (χ0v) is 15.3. The van der Waals surface area contributed by atoms with E-state index in [1.165, 1.54) is 12.1 Å². The lowest BCUT2D eigenvalue weighted by Gasteiger charge is -2.09. The molecule has 0 spiro atoms. The van der Waals surface area contributed by atoms with Gasteiger partial charge in [-0.25, -0.2) is 0 Å². The first-order valence-corrected chi connectivity index (χ1v) is 9.74. The van der Waals surface area contributed by atoms with Crippen LogP contribution in [-0.4, -0.2) is 21.3 Å². The highest BCUT2D eigenvalue weighted by molar-refractivity contribution is 7.87. The fourth-order valence-corrected chi connectivity index (χ4v) is 3.35. The van der Waals surface area contributed by atoms with Gasteiger partial charge in [0, 0.05) is 12.0 Å². The van der Waals surface area contributed by atoms with E-state index in [0.717, 1.165) is 11.8 Å². The van der Waals surface area contributed by atoms with Gasteiger partial charge in [0.1, 0.15) is 22.7 Å². The fourth-order valence-electron chi connectivity index (χ4n) is 2.40. The molecule has 0 radical (unpaired) electrons. The van der Waals surface area contributed by atoms with Crippen molar-refractivity contribution in [3.05, 3.63) is 90.0 Å². The molecule has 3 aromatic carbocycles. The summed E-state index contributed by atoms with van der Waals surface area (Å²) in [5.74, 6) is 0.947. The Morgan fingerprint density at radius 1 is 0.778 bits per heavy atom. The summed E-state index contributed by atoms with van der Waals surface area (Å²) in [6.07, 6.45) is 1.44. The van der Waals surface area contributed by atoms with Crippen molar-refractivity contribution in [3.63, 3.8) is 0 Å². The Labute approximate surface area is 158 Å². The summed E-state index contributed by atoms with van der Waals surface area (Å²) in [6, 6.07) is 21.7. The molecule has 6 heteroatoms. The molecule has 0 fully saturated rings. The highest BCUT2D eigenvalue weighted by Crippen LogP contribution is 2.19. The molecule has 0 unspecified atom stereocenters. The van der Waals surface area contributed by atoms with Crippen molar-refractivity contribution >= 4 is 16.4 Å². The predicted octanol–water partition coefficient (Wildman–Crippen LogP) is 3.89. The Morgan fingerprint density at radius 2 is 1.41 bits per heavy atom. The van der Waals surface area contributed by atoms with Crippen molar-refractivity contribution in [1.82, 2.24) is 0 Å². The molecule has 0 atom stereocenters.